The van der Waals surface area contributed by atoms with Gasteiger partial charge in [-0.15, -0.1) is 0 Å². The van der Waals surface area contributed by atoms with Gasteiger partial charge in [0.2, 0.25) is 11.7 Å². The lowest BCUT2D eigenvalue weighted by Gasteiger charge is -2.51. The number of aromatic nitrogens is 4. The first-order chi connectivity index (χ1) is 16.0. The monoisotopic (exact) mass is 449 g/mol. The highest BCUT2D eigenvalue weighted by Crippen LogP contribution is 2.42. The summed E-state index contributed by atoms with van der Waals surface area (Å²) in [5, 5.41) is 13.6. The third-order valence-corrected chi connectivity index (χ3v) is 6.47. The molecule has 4 heterocycles. The van der Waals surface area contributed by atoms with Gasteiger partial charge in [-0.25, -0.2) is 18.4 Å². The molecule has 0 bridgehead atoms. The Morgan fingerprint density at radius 2 is 1.82 bits per heavy atom. The molecule has 2 saturated heterocycles. The van der Waals surface area contributed by atoms with Crippen molar-refractivity contribution in [3.8, 4) is 11.9 Å². The second-order valence-electron chi connectivity index (χ2n) is 8.36. The van der Waals surface area contributed by atoms with E-state index in [9.17, 15) is 18.8 Å². The van der Waals surface area contributed by atoms with Crippen LogP contribution in [0.3, 0.4) is 0 Å². The zero-order valence-corrected chi connectivity index (χ0v) is 17.8. The number of hydrogen-bond donors (Lipinski definition) is 0. The molecule has 8 nitrogen and oxygen atoms in total. The minimum atomic E-state index is -0.963. The molecular formula is C23H21F2N7O. The van der Waals surface area contributed by atoms with E-state index in [0.29, 0.717) is 49.7 Å². The highest BCUT2D eigenvalue weighted by atomic mass is 19.2. The SMILES string of the molecule is N#Cc1nc(N2CCC3(CCCC(=O)N3c3ccc(F)c(F)c3)CC2)cc(-n2cccn2)n1. The van der Waals surface area contributed by atoms with Crippen molar-refractivity contribution in [3.05, 3.63) is 60.2 Å². The van der Waals surface area contributed by atoms with E-state index < -0.39 is 17.2 Å². The molecule has 2 fully saturated rings. The Labute approximate surface area is 189 Å². The van der Waals surface area contributed by atoms with Gasteiger partial charge in [0.15, 0.2) is 17.5 Å². The van der Waals surface area contributed by atoms with Gasteiger partial charge in [-0.2, -0.15) is 15.3 Å². The molecule has 0 radical (unpaired) electrons. The average molecular weight is 449 g/mol. The fourth-order valence-corrected chi connectivity index (χ4v) is 4.88. The largest absolute Gasteiger partial charge is 0.356 e. The summed E-state index contributed by atoms with van der Waals surface area (Å²) in [6.07, 6.45) is 6.58. The van der Waals surface area contributed by atoms with E-state index in [1.165, 1.54) is 6.07 Å². The van der Waals surface area contributed by atoms with Crippen LogP contribution in [0.1, 0.15) is 37.9 Å². The maximum Gasteiger partial charge on any atom is 0.236 e. The first-order valence-electron chi connectivity index (χ1n) is 10.8. The Hall–Kier alpha value is -3.87. The van der Waals surface area contributed by atoms with Crippen molar-refractivity contribution in [2.24, 2.45) is 0 Å². The van der Waals surface area contributed by atoms with Crippen molar-refractivity contribution in [2.45, 2.75) is 37.6 Å². The van der Waals surface area contributed by atoms with Crippen LogP contribution in [-0.2, 0) is 4.79 Å². The third-order valence-electron chi connectivity index (χ3n) is 6.47. The normalized spacial score (nSPS) is 17.9. The zero-order valence-electron chi connectivity index (χ0n) is 17.8. The predicted molar refractivity (Wildman–Crippen MR) is 116 cm³/mol. The van der Waals surface area contributed by atoms with Gasteiger partial charge >= 0.3 is 0 Å². The number of piperidine rings is 2. The molecule has 0 N–H and O–H groups in total. The van der Waals surface area contributed by atoms with E-state index in [0.717, 1.165) is 25.0 Å². The lowest BCUT2D eigenvalue weighted by atomic mass is 9.78. The molecule has 2 aliphatic heterocycles. The fourth-order valence-electron chi connectivity index (χ4n) is 4.88. The second kappa shape index (κ2) is 8.24. The molecular weight excluding hydrogens is 428 g/mol. The van der Waals surface area contributed by atoms with Gasteiger partial charge in [-0.1, -0.05) is 0 Å². The highest BCUT2D eigenvalue weighted by molar-refractivity contribution is 5.95. The van der Waals surface area contributed by atoms with Crippen LogP contribution in [0.25, 0.3) is 5.82 Å². The summed E-state index contributed by atoms with van der Waals surface area (Å²) in [5.74, 6) is -0.807. The number of carbonyl (C=O) groups is 1. The molecule has 33 heavy (non-hydrogen) atoms. The van der Waals surface area contributed by atoms with Crippen LogP contribution in [0.2, 0.25) is 0 Å². The molecule has 168 valence electrons. The third kappa shape index (κ3) is 3.80. The smallest absolute Gasteiger partial charge is 0.236 e. The molecule has 0 atom stereocenters. The summed E-state index contributed by atoms with van der Waals surface area (Å²) in [4.78, 5) is 25.2. The van der Waals surface area contributed by atoms with Crippen LogP contribution >= 0.6 is 0 Å². The van der Waals surface area contributed by atoms with Crippen LogP contribution in [0.15, 0.2) is 42.7 Å². The van der Waals surface area contributed by atoms with Crippen molar-refractivity contribution in [3.63, 3.8) is 0 Å². The molecule has 5 rings (SSSR count). The number of rotatable bonds is 3. The Balaban J connectivity index is 1.42. The molecule has 1 spiro atoms. The van der Waals surface area contributed by atoms with E-state index in [2.05, 4.69) is 20.0 Å². The fraction of sp³-hybridized carbons (Fsp3) is 0.348. The number of carbonyl (C=O) groups excluding carboxylic acids is 1. The first kappa shape index (κ1) is 21.0. The van der Waals surface area contributed by atoms with Gasteiger partial charge in [0.1, 0.15) is 11.9 Å². The van der Waals surface area contributed by atoms with Gasteiger partial charge in [0.25, 0.3) is 0 Å². The number of benzene rings is 1. The molecule has 1 amide bonds. The number of anilines is 2. The van der Waals surface area contributed by atoms with Crippen molar-refractivity contribution in [1.82, 2.24) is 19.7 Å². The number of hydrogen-bond acceptors (Lipinski definition) is 6. The van der Waals surface area contributed by atoms with Crippen LogP contribution in [-0.4, -0.2) is 44.3 Å². The van der Waals surface area contributed by atoms with E-state index in [1.54, 1.807) is 34.1 Å². The van der Waals surface area contributed by atoms with Gasteiger partial charge in [0.05, 0.1) is 5.54 Å². The van der Waals surface area contributed by atoms with E-state index in [1.807, 2.05) is 6.07 Å². The van der Waals surface area contributed by atoms with Crippen molar-refractivity contribution in [2.75, 3.05) is 22.9 Å². The lowest BCUT2D eigenvalue weighted by Crippen LogP contribution is -2.60. The summed E-state index contributed by atoms with van der Waals surface area (Å²) >= 11 is 0. The Morgan fingerprint density at radius 1 is 1.03 bits per heavy atom. The van der Waals surface area contributed by atoms with E-state index in [-0.39, 0.29) is 11.7 Å². The first-order valence-corrected chi connectivity index (χ1v) is 10.8. The Morgan fingerprint density at radius 3 is 2.52 bits per heavy atom. The van der Waals surface area contributed by atoms with Gasteiger partial charge in [-0.05, 0) is 43.9 Å². The number of halogens is 2. The van der Waals surface area contributed by atoms with Gasteiger partial charge < -0.3 is 9.80 Å². The predicted octanol–water partition coefficient (Wildman–Crippen LogP) is 3.37. The van der Waals surface area contributed by atoms with Crippen molar-refractivity contribution in [1.29, 1.82) is 5.26 Å². The number of amides is 1. The van der Waals surface area contributed by atoms with Crippen molar-refractivity contribution < 1.29 is 13.6 Å². The van der Waals surface area contributed by atoms with Gasteiger partial charge in [-0.3, -0.25) is 4.79 Å². The Kier molecular flexibility index (Phi) is 5.24. The number of nitriles is 1. The van der Waals surface area contributed by atoms with Gasteiger partial charge in [0, 0.05) is 49.7 Å². The molecule has 2 aliphatic rings. The standard InChI is InChI=1S/C23H21F2N7O/c24-17-5-4-16(13-18(17)25)32-22(33)3-1-6-23(32)7-11-30(12-8-23)20-14-21(29-19(15-26)28-20)31-10-2-9-27-31/h2,4-5,9-10,13-14H,1,3,6-8,11-12H2. The minimum Gasteiger partial charge on any atom is -0.356 e. The summed E-state index contributed by atoms with van der Waals surface area (Å²) < 4.78 is 29.0. The second-order valence-corrected chi connectivity index (χ2v) is 8.36. The molecule has 2 aromatic heterocycles. The minimum absolute atomic E-state index is 0.0505. The summed E-state index contributed by atoms with van der Waals surface area (Å²) in [6, 6.07) is 9.19. The molecule has 0 unspecified atom stereocenters. The average Bonchev–Trinajstić information content (AvgIpc) is 3.37. The summed E-state index contributed by atoms with van der Waals surface area (Å²) in [7, 11) is 0. The molecule has 3 aromatic rings. The zero-order chi connectivity index (χ0) is 23.0. The van der Waals surface area contributed by atoms with Crippen LogP contribution < -0.4 is 9.80 Å². The highest BCUT2D eigenvalue weighted by Gasteiger charge is 2.45. The summed E-state index contributed by atoms with van der Waals surface area (Å²) in [5.41, 5.74) is -0.0757. The topological polar surface area (TPSA) is 90.9 Å². The van der Waals surface area contributed by atoms with Crippen LogP contribution in [0.5, 0.6) is 0 Å². The van der Waals surface area contributed by atoms with Crippen LogP contribution in [0.4, 0.5) is 20.3 Å². The van der Waals surface area contributed by atoms with E-state index >= 15 is 0 Å². The molecule has 0 saturated carbocycles. The maximum atomic E-state index is 14.0. The van der Waals surface area contributed by atoms with Crippen LogP contribution in [0, 0.1) is 23.0 Å². The molecule has 1 aromatic carbocycles. The number of nitrogens with zero attached hydrogens (tertiary/aromatic N) is 7. The van der Waals surface area contributed by atoms with E-state index in [4.69, 9.17) is 0 Å². The molecule has 0 aliphatic carbocycles. The maximum absolute atomic E-state index is 14.0. The Bertz CT molecular complexity index is 1230. The summed E-state index contributed by atoms with van der Waals surface area (Å²) in [6.45, 7) is 1.18. The quantitative estimate of drug-likeness (QED) is 0.609. The van der Waals surface area contributed by atoms with Crippen molar-refractivity contribution >= 4 is 17.4 Å². The lowest BCUT2D eigenvalue weighted by molar-refractivity contribution is -0.121. The molecule has 10 heteroatoms.